The molecule has 1 rings (SSSR count). The molecule has 0 saturated carbocycles. The summed E-state index contributed by atoms with van der Waals surface area (Å²) >= 11 is 0. The standard InChI is InChI=1S/C11H17FN2/c1-8(13)3-2-4-9-5-10(12)7-11(14)6-9/h5-8H,2-4,13-14H2,1H3. The zero-order chi connectivity index (χ0) is 10.6. The SMILES string of the molecule is CC(N)CCCc1cc(N)cc(F)c1. The first-order valence-electron chi connectivity index (χ1n) is 4.88. The van der Waals surface area contributed by atoms with Gasteiger partial charge in [0.05, 0.1) is 0 Å². The van der Waals surface area contributed by atoms with Gasteiger partial charge in [-0.05, 0) is 49.9 Å². The van der Waals surface area contributed by atoms with Crippen molar-refractivity contribution in [2.45, 2.75) is 32.2 Å². The molecular weight excluding hydrogens is 179 g/mol. The van der Waals surface area contributed by atoms with E-state index in [2.05, 4.69) is 0 Å². The van der Waals surface area contributed by atoms with E-state index >= 15 is 0 Å². The molecule has 2 nitrogen and oxygen atoms in total. The molecule has 14 heavy (non-hydrogen) atoms. The average molecular weight is 196 g/mol. The van der Waals surface area contributed by atoms with Crippen LogP contribution in [0, 0.1) is 5.82 Å². The van der Waals surface area contributed by atoms with E-state index in [1.54, 1.807) is 0 Å². The molecule has 0 spiro atoms. The van der Waals surface area contributed by atoms with Gasteiger partial charge in [0, 0.05) is 11.7 Å². The highest BCUT2D eigenvalue weighted by Gasteiger charge is 2.00. The fraction of sp³-hybridized carbons (Fsp3) is 0.455. The van der Waals surface area contributed by atoms with E-state index < -0.39 is 0 Å². The van der Waals surface area contributed by atoms with Gasteiger partial charge >= 0.3 is 0 Å². The van der Waals surface area contributed by atoms with Gasteiger partial charge in [0.2, 0.25) is 0 Å². The van der Waals surface area contributed by atoms with Crippen LogP contribution in [0.25, 0.3) is 0 Å². The molecular formula is C11H17FN2. The molecule has 0 saturated heterocycles. The van der Waals surface area contributed by atoms with Crippen LogP contribution < -0.4 is 11.5 Å². The number of aryl methyl sites for hydroxylation is 1. The van der Waals surface area contributed by atoms with Crippen LogP contribution in [-0.4, -0.2) is 6.04 Å². The van der Waals surface area contributed by atoms with Crippen LogP contribution in [0.5, 0.6) is 0 Å². The molecule has 0 aliphatic heterocycles. The predicted molar refractivity (Wildman–Crippen MR) is 57.4 cm³/mol. The molecule has 0 aliphatic rings. The number of anilines is 1. The maximum absolute atomic E-state index is 12.9. The predicted octanol–water partition coefficient (Wildman–Crippen LogP) is 2.08. The Balaban J connectivity index is 2.50. The van der Waals surface area contributed by atoms with Crippen molar-refractivity contribution in [2.75, 3.05) is 5.73 Å². The van der Waals surface area contributed by atoms with Gasteiger partial charge in [-0.15, -0.1) is 0 Å². The van der Waals surface area contributed by atoms with E-state index in [1.807, 2.05) is 13.0 Å². The number of rotatable bonds is 4. The van der Waals surface area contributed by atoms with Crippen LogP contribution in [0.15, 0.2) is 18.2 Å². The maximum atomic E-state index is 12.9. The number of nitrogen functional groups attached to an aromatic ring is 1. The van der Waals surface area contributed by atoms with Gasteiger partial charge in [-0.25, -0.2) is 4.39 Å². The van der Waals surface area contributed by atoms with Crippen LogP contribution in [-0.2, 0) is 6.42 Å². The summed E-state index contributed by atoms with van der Waals surface area (Å²) < 4.78 is 12.9. The maximum Gasteiger partial charge on any atom is 0.125 e. The summed E-state index contributed by atoms with van der Waals surface area (Å²) in [4.78, 5) is 0. The number of hydrogen-bond acceptors (Lipinski definition) is 2. The van der Waals surface area contributed by atoms with E-state index in [-0.39, 0.29) is 11.9 Å². The normalized spacial score (nSPS) is 12.8. The van der Waals surface area contributed by atoms with Gasteiger partial charge in [0.1, 0.15) is 5.82 Å². The molecule has 4 N–H and O–H groups in total. The third-order valence-corrected chi connectivity index (χ3v) is 2.10. The molecule has 1 atom stereocenters. The second-order valence-corrected chi connectivity index (χ2v) is 3.76. The molecule has 1 unspecified atom stereocenters. The zero-order valence-electron chi connectivity index (χ0n) is 8.46. The summed E-state index contributed by atoms with van der Waals surface area (Å²) in [5.41, 5.74) is 12.6. The second-order valence-electron chi connectivity index (χ2n) is 3.76. The summed E-state index contributed by atoms with van der Waals surface area (Å²) in [6.45, 7) is 1.97. The van der Waals surface area contributed by atoms with Gasteiger partial charge in [0.25, 0.3) is 0 Å². The first-order chi connectivity index (χ1) is 6.58. The zero-order valence-corrected chi connectivity index (χ0v) is 8.46. The van der Waals surface area contributed by atoms with Gasteiger partial charge in [-0.1, -0.05) is 0 Å². The van der Waals surface area contributed by atoms with Crippen LogP contribution in [0.1, 0.15) is 25.3 Å². The Morgan fingerprint density at radius 1 is 1.36 bits per heavy atom. The van der Waals surface area contributed by atoms with E-state index in [9.17, 15) is 4.39 Å². The molecule has 0 bridgehead atoms. The Bertz CT molecular complexity index is 277. The lowest BCUT2D eigenvalue weighted by Gasteiger charge is -2.05. The summed E-state index contributed by atoms with van der Waals surface area (Å²) in [6, 6.07) is 4.87. The van der Waals surface area contributed by atoms with Crippen molar-refractivity contribution >= 4 is 5.69 Å². The minimum absolute atomic E-state index is 0.209. The first-order valence-corrected chi connectivity index (χ1v) is 4.88. The Morgan fingerprint density at radius 2 is 2.07 bits per heavy atom. The fourth-order valence-electron chi connectivity index (χ4n) is 1.45. The van der Waals surface area contributed by atoms with Gasteiger partial charge in [-0.3, -0.25) is 0 Å². The Hall–Kier alpha value is -1.09. The quantitative estimate of drug-likeness (QED) is 0.724. The summed E-state index contributed by atoms with van der Waals surface area (Å²) in [5, 5.41) is 0. The number of hydrogen-bond donors (Lipinski definition) is 2. The lowest BCUT2D eigenvalue weighted by atomic mass is 10.1. The smallest absolute Gasteiger partial charge is 0.125 e. The molecule has 0 heterocycles. The second kappa shape index (κ2) is 4.96. The van der Waals surface area contributed by atoms with Crippen LogP contribution in [0.2, 0.25) is 0 Å². The minimum Gasteiger partial charge on any atom is -0.399 e. The summed E-state index contributed by atoms with van der Waals surface area (Å²) in [5.74, 6) is -0.263. The monoisotopic (exact) mass is 196 g/mol. The molecule has 3 heteroatoms. The van der Waals surface area contributed by atoms with E-state index in [1.165, 1.54) is 12.1 Å². The molecule has 1 aromatic rings. The molecule has 0 radical (unpaired) electrons. The lowest BCUT2D eigenvalue weighted by Crippen LogP contribution is -2.14. The average Bonchev–Trinajstić information content (AvgIpc) is 2.01. The van der Waals surface area contributed by atoms with Gasteiger partial charge < -0.3 is 11.5 Å². The Labute approximate surface area is 84.1 Å². The Kier molecular flexibility index (Phi) is 3.89. The molecule has 0 aliphatic carbocycles. The van der Waals surface area contributed by atoms with Crippen molar-refractivity contribution in [1.82, 2.24) is 0 Å². The van der Waals surface area contributed by atoms with Crippen LogP contribution in [0.4, 0.5) is 10.1 Å². The topological polar surface area (TPSA) is 52.0 Å². The first kappa shape index (κ1) is 11.0. The number of nitrogens with two attached hydrogens (primary N) is 2. The van der Waals surface area contributed by atoms with Crippen molar-refractivity contribution in [2.24, 2.45) is 5.73 Å². The molecule has 1 aromatic carbocycles. The van der Waals surface area contributed by atoms with Crippen molar-refractivity contribution < 1.29 is 4.39 Å². The van der Waals surface area contributed by atoms with E-state index in [0.717, 1.165) is 24.8 Å². The number of halogens is 1. The molecule has 78 valence electrons. The largest absolute Gasteiger partial charge is 0.399 e. The fourth-order valence-corrected chi connectivity index (χ4v) is 1.45. The molecule has 0 amide bonds. The van der Waals surface area contributed by atoms with Crippen LogP contribution in [0.3, 0.4) is 0 Å². The lowest BCUT2D eigenvalue weighted by molar-refractivity contribution is 0.612. The minimum atomic E-state index is -0.263. The Morgan fingerprint density at radius 3 is 2.64 bits per heavy atom. The summed E-state index contributed by atoms with van der Waals surface area (Å²) in [7, 11) is 0. The van der Waals surface area contributed by atoms with Crippen molar-refractivity contribution in [3.8, 4) is 0 Å². The van der Waals surface area contributed by atoms with E-state index in [4.69, 9.17) is 11.5 Å². The number of benzene rings is 1. The van der Waals surface area contributed by atoms with Crippen molar-refractivity contribution in [1.29, 1.82) is 0 Å². The highest BCUT2D eigenvalue weighted by molar-refractivity contribution is 5.41. The highest BCUT2D eigenvalue weighted by atomic mass is 19.1. The van der Waals surface area contributed by atoms with Crippen LogP contribution >= 0.6 is 0 Å². The van der Waals surface area contributed by atoms with Crippen molar-refractivity contribution in [3.05, 3.63) is 29.6 Å². The molecule has 0 fully saturated rings. The third kappa shape index (κ3) is 3.75. The molecule has 0 aromatic heterocycles. The highest BCUT2D eigenvalue weighted by Crippen LogP contribution is 2.13. The summed E-state index contributed by atoms with van der Waals surface area (Å²) in [6.07, 6.45) is 2.76. The van der Waals surface area contributed by atoms with Crippen molar-refractivity contribution in [3.63, 3.8) is 0 Å². The third-order valence-electron chi connectivity index (χ3n) is 2.10. The van der Waals surface area contributed by atoms with E-state index in [0.29, 0.717) is 5.69 Å². The van der Waals surface area contributed by atoms with Gasteiger partial charge in [-0.2, -0.15) is 0 Å². The van der Waals surface area contributed by atoms with Gasteiger partial charge in [0.15, 0.2) is 0 Å².